The van der Waals surface area contributed by atoms with E-state index in [4.69, 9.17) is 0 Å². The maximum Gasteiger partial charge on any atom is 0.269 e. The third-order valence-electron chi connectivity index (χ3n) is 3.44. The molecule has 0 saturated carbocycles. The molecule has 0 aliphatic heterocycles. The Labute approximate surface area is 185 Å². The minimum atomic E-state index is -0.352. The summed E-state index contributed by atoms with van der Waals surface area (Å²) in [6.45, 7) is 18.1. The molecule has 0 bridgehead atoms. The predicted octanol–water partition coefficient (Wildman–Crippen LogP) is 8.91. The van der Waals surface area contributed by atoms with Crippen molar-refractivity contribution in [3.05, 3.63) is 99.6 Å². The van der Waals surface area contributed by atoms with Crippen molar-refractivity contribution in [3.63, 3.8) is 0 Å². The summed E-state index contributed by atoms with van der Waals surface area (Å²) in [4.78, 5) is 10.3. The van der Waals surface area contributed by atoms with E-state index in [1.54, 1.807) is 12.1 Å². The van der Waals surface area contributed by atoms with Crippen LogP contribution in [0.25, 0.3) is 0 Å². The molecule has 0 radical (unpaired) electrons. The quantitative estimate of drug-likeness (QED) is 0.279. The van der Waals surface area contributed by atoms with Gasteiger partial charge < -0.3 is 0 Å². The van der Waals surface area contributed by atoms with Gasteiger partial charge in [0.05, 0.1) is 4.92 Å². The average molecular weight is 414 g/mol. The largest absolute Gasteiger partial charge is 0.269 e. The molecule has 0 aliphatic rings. The first-order valence-electron chi connectivity index (χ1n) is 11.1. The highest BCUT2D eigenvalue weighted by molar-refractivity contribution is 5.34. The number of benzene rings is 2. The lowest BCUT2D eigenvalue weighted by atomic mass is 10.0. The minimum Gasteiger partial charge on any atom is -0.258 e. The van der Waals surface area contributed by atoms with Gasteiger partial charge >= 0.3 is 0 Å². The molecule has 0 saturated heterocycles. The van der Waals surface area contributed by atoms with Gasteiger partial charge in [0.15, 0.2) is 0 Å². The summed E-state index contributed by atoms with van der Waals surface area (Å²) in [6, 6.07) is 15.2. The van der Waals surface area contributed by atoms with E-state index >= 15 is 0 Å². The van der Waals surface area contributed by atoms with Gasteiger partial charge in [-0.2, -0.15) is 0 Å². The molecule has 2 aromatic rings. The second-order valence-corrected chi connectivity index (χ2v) is 5.46. The molecule has 0 fully saturated rings. The Balaban J connectivity index is -0.000000513. The molecule has 2 rings (SSSR count). The van der Waals surface area contributed by atoms with Crippen LogP contribution < -0.4 is 0 Å². The molecule has 168 valence electrons. The smallest absolute Gasteiger partial charge is 0.258 e. The number of hydrogen-bond donors (Lipinski definition) is 0. The van der Waals surface area contributed by atoms with Gasteiger partial charge in [-0.3, -0.25) is 10.1 Å². The molecule has 0 amide bonds. The standard InChI is InChI=1S/C15H15NO2.C6H10.3C2H6/c1-12-5-7-13(8-6-12)9-10-14-3-2-4-15(11-14)16(17)18;1-3-5-6-4-2;3*1-2/h2-8,11H,9-10H2,1H3;3-6H,1-2H3;3*1-2H3/b;5-3-,6-4-;;;. The van der Waals surface area contributed by atoms with Gasteiger partial charge in [-0.05, 0) is 44.7 Å². The van der Waals surface area contributed by atoms with Gasteiger partial charge in [-0.15, -0.1) is 0 Å². The summed E-state index contributed by atoms with van der Waals surface area (Å²) in [6.07, 6.45) is 9.73. The van der Waals surface area contributed by atoms with E-state index in [-0.39, 0.29) is 10.6 Å². The molecule has 0 aromatic heterocycles. The number of aryl methyl sites for hydroxylation is 3. The Morgan fingerprint density at radius 3 is 1.67 bits per heavy atom. The summed E-state index contributed by atoms with van der Waals surface area (Å²) in [5.41, 5.74) is 3.67. The molecule has 0 N–H and O–H groups in total. The molecule has 2 aromatic carbocycles. The molecule has 0 heterocycles. The molecule has 0 aliphatic carbocycles. The van der Waals surface area contributed by atoms with Crippen molar-refractivity contribution in [1.29, 1.82) is 0 Å². The molecule has 0 spiro atoms. The van der Waals surface area contributed by atoms with Gasteiger partial charge in [0.1, 0.15) is 0 Å². The van der Waals surface area contributed by atoms with Crippen molar-refractivity contribution in [2.45, 2.75) is 75.2 Å². The maximum absolute atomic E-state index is 10.7. The van der Waals surface area contributed by atoms with E-state index in [0.717, 1.165) is 18.4 Å². The monoisotopic (exact) mass is 413 g/mol. The van der Waals surface area contributed by atoms with E-state index < -0.39 is 0 Å². The van der Waals surface area contributed by atoms with Crippen LogP contribution in [-0.2, 0) is 12.8 Å². The number of nitro groups is 1. The summed E-state index contributed by atoms with van der Waals surface area (Å²) in [5.74, 6) is 0. The van der Waals surface area contributed by atoms with Crippen molar-refractivity contribution in [3.8, 4) is 0 Å². The first kappa shape index (κ1) is 32.0. The lowest BCUT2D eigenvalue weighted by Gasteiger charge is -2.03. The highest BCUT2D eigenvalue weighted by Crippen LogP contribution is 2.15. The Morgan fingerprint density at radius 1 is 0.767 bits per heavy atom. The molecule has 0 atom stereocenters. The number of nitro benzene ring substituents is 1. The number of hydrogen-bond acceptors (Lipinski definition) is 2. The summed E-state index contributed by atoms with van der Waals surface area (Å²) in [7, 11) is 0. The normalized spacial score (nSPS) is 9.10. The van der Waals surface area contributed by atoms with Crippen LogP contribution in [0.3, 0.4) is 0 Å². The molecule has 3 heteroatoms. The number of allylic oxidation sites excluding steroid dienone is 4. The third kappa shape index (κ3) is 17.4. The van der Waals surface area contributed by atoms with Gasteiger partial charge in [0.2, 0.25) is 0 Å². The molecular formula is C27H43NO2. The molecule has 30 heavy (non-hydrogen) atoms. The van der Waals surface area contributed by atoms with Gasteiger partial charge in [0.25, 0.3) is 5.69 Å². The highest BCUT2D eigenvalue weighted by Gasteiger charge is 2.05. The van der Waals surface area contributed by atoms with Crippen LogP contribution in [0.2, 0.25) is 0 Å². The van der Waals surface area contributed by atoms with E-state index in [0.29, 0.717) is 0 Å². The van der Waals surface area contributed by atoms with Crippen molar-refractivity contribution in [2.75, 3.05) is 0 Å². The first-order valence-corrected chi connectivity index (χ1v) is 11.1. The number of non-ortho nitro benzene ring substituents is 1. The minimum absolute atomic E-state index is 0.163. The van der Waals surface area contributed by atoms with Crippen LogP contribution in [0.4, 0.5) is 5.69 Å². The fourth-order valence-electron chi connectivity index (χ4n) is 2.09. The second-order valence-electron chi connectivity index (χ2n) is 5.46. The third-order valence-corrected chi connectivity index (χ3v) is 3.44. The fourth-order valence-corrected chi connectivity index (χ4v) is 2.09. The van der Waals surface area contributed by atoms with E-state index in [1.165, 1.54) is 17.2 Å². The molecule has 0 unspecified atom stereocenters. The fraction of sp³-hybridized carbons (Fsp3) is 0.407. The van der Waals surface area contributed by atoms with Crippen molar-refractivity contribution < 1.29 is 4.92 Å². The zero-order valence-corrected chi connectivity index (χ0v) is 20.6. The topological polar surface area (TPSA) is 43.1 Å². The van der Waals surface area contributed by atoms with Crippen LogP contribution in [0.15, 0.2) is 72.8 Å². The first-order chi connectivity index (χ1) is 14.6. The zero-order valence-electron chi connectivity index (χ0n) is 20.6. The van der Waals surface area contributed by atoms with Crippen molar-refractivity contribution in [2.24, 2.45) is 0 Å². The summed E-state index contributed by atoms with van der Waals surface area (Å²) in [5, 5.41) is 10.7. The zero-order chi connectivity index (χ0) is 23.8. The molecule has 3 nitrogen and oxygen atoms in total. The van der Waals surface area contributed by atoms with Crippen LogP contribution in [0, 0.1) is 17.0 Å². The number of nitrogens with zero attached hydrogens (tertiary/aromatic N) is 1. The van der Waals surface area contributed by atoms with Crippen molar-refractivity contribution in [1.82, 2.24) is 0 Å². The van der Waals surface area contributed by atoms with Gasteiger partial charge in [-0.25, -0.2) is 0 Å². The Bertz CT molecular complexity index is 676. The summed E-state index contributed by atoms with van der Waals surface area (Å²) >= 11 is 0. The van der Waals surface area contributed by atoms with E-state index in [1.807, 2.05) is 85.8 Å². The lowest BCUT2D eigenvalue weighted by Crippen LogP contribution is -1.93. The van der Waals surface area contributed by atoms with Crippen LogP contribution in [0.5, 0.6) is 0 Å². The Morgan fingerprint density at radius 2 is 1.23 bits per heavy atom. The van der Waals surface area contributed by atoms with Crippen LogP contribution >= 0.6 is 0 Å². The lowest BCUT2D eigenvalue weighted by molar-refractivity contribution is -0.384. The maximum atomic E-state index is 10.7. The van der Waals surface area contributed by atoms with E-state index in [2.05, 4.69) is 31.2 Å². The highest BCUT2D eigenvalue weighted by atomic mass is 16.6. The van der Waals surface area contributed by atoms with Gasteiger partial charge in [0, 0.05) is 12.1 Å². The average Bonchev–Trinajstić information content (AvgIpc) is 2.82. The SMILES string of the molecule is C/C=C\C=C/C.CC.CC.CC.Cc1ccc(CCc2cccc([N+](=O)[O-])c2)cc1. The molecular weight excluding hydrogens is 370 g/mol. The Kier molecular flexibility index (Phi) is 26.0. The second kappa shape index (κ2) is 24.4. The van der Waals surface area contributed by atoms with Crippen molar-refractivity contribution >= 4 is 5.69 Å². The van der Waals surface area contributed by atoms with E-state index in [9.17, 15) is 10.1 Å². The Hall–Kier alpha value is -2.68. The van der Waals surface area contributed by atoms with Crippen LogP contribution in [0.1, 0.15) is 72.1 Å². The van der Waals surface area contributed by atoms with Gasteiger partial charge in [-0.1, -0.05) is 108 Å². The number of rotatable bonds is 5. The van der Waals surface area contributed by atoms with Crippen LogP contribution in [-0.4, -0.2) is 4.92 Å². The predicted molar refractivity (Wildman–Crippen MR) is 135 cm³/mol. The summed E-state index contributed by atoms with van der Waals surface area (Å²) < 4.78 is 0.